The molecule has 0 radical (unpaired) electrons. The number of rotatable bonds is 4. The molecule has 0 aromatic rings. The molecule has 1 saturated heterocycles. The summed E-state index contributed by atoms with van der Waals surface area (Å²) in [6, 6.07) is -0.0326. The van der Waals surface area contributed by atoms with Gasteiger partial charge in [-0.25, -0.2) is 0 Å². The summed E-state index contributed by atoms with van der Waals surface area (Å²) in [6.07, 6.45) is -0.812. The van der Waals surface area contributed by atoms with Crippen LogP contribution in [0, 0.1) is 0 Å². The van der Waals surface area contributed by atoms with E-state index in [9.17, 15) is 4.79 Å². The first-order valence-corrected chi connectivity index (χ1v) is 5.62. The van der Waals surface area contributed by atoms with Crippen LogP contribution in [0.2, 0.25) is 0 Å². The standard InChI is InChI=1S/C11H21NO5/c1-7(14)16-10-9(12(2)3)5-8(6-13)17-11(10)15-4/h8-11,13H,5-6H2,1-4H3/t8-,9-,10+,11+/m0/s1. The van der Waals surface area contributed by atoms with Crippen molar-refractivity contribution in [3.63, 3.8) is 0 Å². The first-order chi connectivity index (χ1) is 7.99. The van der Waals surface area contributed by atoms with Crippen LogP contribution in [-0.4, -0.2) is 68.3 Å². The van der Waals surface area contributed by atoms with Gasteiger partial charge in [0.15, 0.2) is 12.4 Å². The lowest BCUT2D eigenvalue weighted by molar-refractivity contribution is -0.257. The molecule has 0 saturated carbocycles. The summed E-state index contributed by atoms with van der Waals surface area (Å²) in [5, 5.41) is 9.17. The Bertz CT molecular complexity index is 258. The maximum atomic E-state index is 11.1. The Morgan fingerprint density at radius 1 is 1.53 bits per heavy atom. The normalized spacial score (nSPS) is 33.8. The topological polar surface area (TPSA) is 68.2 Å². The number of ether oxygens (including phenoxy) is 3. The number of carbonyl (C=O) groups is 1. The van der Waals surface area contributed by atoms with Crippen molar-refractivity contribution in [1.29, 1.82) is 0 Å². The fourth-order valence-electron chi connectivity index (χ4n) is 2.05. The molecule has 1 heterocycles. The quantitative estimate of drug-likeness (QED) is 0.682. The number of hydrogen-bond donors (Lipinski definition) is 1. The molecule has 0 spiro atoms. The molecule has 100 valence electrons. The second-order valence-corrected chi connectivity index (χ2v) is 4.39. The van der Waals surface area contributed by atoms with Gasteiger partial charge in [0.25, 0.3) is 0 Å². The third-order valence-corrected chi connectivity index (χ3v) is 2.88. The summed E-state index contributed by atoms with van der Waals surface area (Å²) in [4.78, 5) is 13.0. The van der Waals surface area contributed by atoms with Gasteiger partial charge in [-0.1, -0.05) is 0 Å². The molecule has 0 bridgehead atoms. The van der Waals surface area contributed by atoms with Gasteiger partial charge >= 0.3 is 5.97 Å². The van der Waals surface area contributed by atoms with E-state index in [-0.39, 0.29) is 24.7 Å². The summed E-state index contributed by atoms with van der Waals surface area (Å²) >= 11 is 0. The Labute approximate surface area is 101 Å². The van der Waals surface area contributed by atoms with Crippen LogP contribution in [-0.2, 0) is 19.0 Å². The van der Waals surface area contributed by atoms with Crippen LogP contribution in [0.5, 0.6) is 0 Å². The molecule has 6 nitrogen and oxygen atoms in total. The minimum absolute atomic E-state index is 0.0326. The lowest BCUT2D eigenvalue weighted by atomic mass is 9.98. The minimum Gasteiger partial charge on any atom is -0.455 e. The monoisotopic (exact) mass is 247 g/mol. The Hall–Kier alpha value is -0.690. The number of likely N-dealkylation sites (N-methyl/N-ethyl adjacent to an activating group) is 1. The van der Waals surface area contributed by atoms with Crippen LogP contribution >= 0.6 is 0 Å². The lowest BCUT2D eigenvalue weighted by Gasteiger charge is -2.42. The summed E-state index contributed by atoms with van der Waals surface area (Å²) in [5.74, 6) is -0.366. The zero-order valence-electron chi connectivity index (χ0n) is 10.8. The zero-order valence-corrected chi connectivity index (χ0v) is 10.8. The summed E-state index contributed by atoms with van der Waals surface area (Å²) in [5.41, 5.74) is 0. The van der Waals surface area contributed by atoms with E-state index in [1.54, 1.807) is 0 Å². The van der Waals surface area contributed by atoms with Gasteiger partial charge in [-0.05, 0) is 20.5 Å². The molecule has 0 unspecified atom stereocenters. The van der Waals surface area contributed by atoms with E-state index in [2.05, 4.69) is 0 Å². The summed E-state index contributed by atoms with van der Waals surface area (Å²) < 4.78 is 15.9. The fraction of sp³-hybridized carbons (Fsp3) is 0.909. The number of esters is 1. The number of carbonyl (C=O) groups excluding carboxylic acids is 1. The van der Waals surface area contributed by atoms with Crippen molar-refractivity contribution in [2.45, 2.75) is 37.9 Å². The molecule has 4 atom stereocenters. The van der Waals surface area contributed by atoms with E-state index in [1.807, 2.05) is 19.0 Å². The smallest absolute Gasteiger partial charge is 0.303 e. The van der Waals surface area contributed by atoms with Crippen LogP contribution in [0.3, 0.4) is 0 Å². The van der Waals surface area contributed by atoms with E-state index < -0.39 is 12.4 Å². The van der Waals surface area contributed by atoms with Crippen LogP contribution < -0.4 is 0 Å². The highest BCUT2D eigenvalue weighted by Gasteiger charge is 2.42. The molecule has 17 heavy (non-hydrogen) atoms. The first-order valence-electron chi connectivity index (χ1n) is 5.62. The molecular weight excluding hydrogens is 226 g/mol. The zero-order chi connectivity index (χ0) is 13.0. The molecule has 1 N–H and O–H groups in total. The number of aliphatic hydroxyl groups excluding tert-OH is 1. The number of aliphatic hydroxyl groups is 1. The van der Waals surface area contributed by atoms with Crippen molar-refractivity contribution in [2.75, 3.05) is 27.8 Å². The van der Waals surface area contributed by atoms with Crippen LogP contribution in [0.15, 0.2) is 0 Å². The summed E-state index contributed by atoms with van der Waals surface area (Å²) in [7, 11) is 5.29. The van der Waals surface area contributed by atoms with E-state index in [4.69, 9.17) is 19.3 Å². The first kappa shape index (κ1) is 14.4. The Morgan fingerprint density at radius 2 is 2.18 bits per heavy atom. The SMILES string of the molecule is CO[C@@H]1O[C@H](CO)C[C@H](N(C)C)[C@H]1OC(C)=O. The fourth-order valence-corrected chi connectivity index (χ4v) is 2.05. The molecule has 0 aromatic carbocycles. The minimum atomic E-state index is -0.641. The molecule has 0 aliphatic carbocycles. The van der Waals surface area contributed by atoms with Crippen molar-refractivity contribution in [2.24, 2.45) is 0 Å². The highest BCUT2D eigenvalue weighted by Crippen LogP contribution is 2.26. The Balaban J connectivity index is 2.82. The third kappa shape index (κ3) is 3.64. The second-order valence-electron chi connectivity index (χ2n) is 4.39. The van der Waals surface area contributed by atoms with E-state index in [0.29, 0.717) is 6.42 Å². The molecule has 0 aromatic heterocycles. The molecule has 1 rings (SSSR count). The van der Waals surface area contributed by atoms with Gasteiger partial charge < -0.3 is 24.2 Å². The molecule has 1 fully saturated rings. The van der Waals surface area contributed by atoms with Gasteiger partial charge in [-0.15, -0.1) is 0 Å². The average Bonchev–Trinajstić information content (AvgIpc) is 2.28. The maximum Gasteiger partial charge on any atom is 0.303 e. The third-order valence-electron chi connectivity index (χ3n) is 2.88. The number of hydrogen-bond acceptors (Lipinski definition) is 6. The van der Waals surface area contributed by atoms with E-state index in [1.165, 1.54) is 14.0 Å². The molecular formula is C11H21NO5. The van der Waals surface area contributed by atoms with Gasteiger partial charge in [0.05, 0.1) is 18.8 Å². The summed E-state index contributed by atoms with van der Waals surface area (Å²) in [6.45, 7) is 1.29. The molecule has 6 heteroatoms. The van der Waals surface area contributed by atoms with Crippen LogP contribution in [0.4, 0.5) is 0 Å². The van der Waals surface area contributed by atoms with Crippen molar-refractivity contribution in [1.82, 2.24) is 4.90 Å². The van der Waals surface area contributed by atoms with Gasteiger partial charge in [-0.2, -0.15) is 0 Å². The predicted octanol–water partition coefficient (Wildman–Crippen LogP) is -0.398. The largest absolute Gasteiger partial charge is 0.455 e. The average molecular weight is 247 g/mol. The van der Waals surface area contributed by atoms with Gasteiger partial charge in [-0.3, -0.25) is 4.79 Å². The van der Waals surface area contributed by atoms with Gasteiger partial charge in [0.2, 0.25) is 0 Å². The predicted molar refractivity (Wildman–Crippen MR) is 60.4 cm³/mol. The Morgan fingerprint density at radius 3 is 2.59 bits per heavy atom. The Kier molecular flexibility index (Phi) is 5.32. The van der Waals surface area contributed by atoms with Crippen LogP contribution in [0.25, 0.3) is 0 Å². The van der Waals surface area contributed by atoms with Crippen LogP contribution in [0.1, 0.15) is 13.3 Å². The van der Waals surface area contributed by atoms with E-state index in [0.717, 1.165) is 0 Å². The van der Waals surface area contributed by atoms with Crippen molar-refractivity contribution in [3.05, 3.63) is 0 Å². The highest BCUT2D eigenvalue weighted by atomic mass is 16.7. The maximum absolute atomic E-state index is 11.1. The molecule has 1 aliphatic rings. The van der Waals surface area contributed by atoms with Gasteiger partial charge in [0.1, 0.15) is 0 Å². The van der Waals surface area contributed by atoms with Crippen molar-refractivity contribution >= 4 is 5.97 Å². The number of methoxy groups -OCH3 is 1. The molecule has 0 amide bonds. The van der Waals surface area contributed by atoms with Crippen molar-refractivity contribution in [3.8, 4) is 0 Å². The highest BCUT2D eigenvalue weighted by molar-refractivity contribution is 5.66. The number of nitrogens with zero attached hydrogens (tertiary/aromatic N) is 1. The molecule has 1 aliphatic heterocycles. The van der Waals surface area contributed by atoms with Crippen molar-refractivity contribution < 1.29 is 24.1 Å². The second kappa shape index (κ2) is 6.30. The van der Waals surface area contributed by atoms with E-state index >= 15 is 0 Å². The lowest BCUT2D eigenvalue weighted by Crippen LogP contribution is -2.56. The van der Waals surface area contributed by atoms with Gasteiger partial charge in [0, 0.05) is 14.0 Å².